The second-order valence-electron chi connectivity index (χ2n) is 7.19. The summed E-state index contributed by atoms with van der Waals surface area (Å²) in [6.07, 6.45) is 8.81. The van der Waals surface area contributed by atoms with Crippen LogP contribution in [0.25, 0.3) is 0 Å². The molecule has 0 radical (unpaired) electrons. The quantitative estimate of drug-likeness (QED) is 0.817. The van der Waals surface area contributed by atoms with E-state index in [0.717, 1.165) is 51.0 Å². The van der Waals surface area contributed by atoms with Crippen LogP contribution in [0.4, 0.5) is 0 Å². The average Bonchev–Trinajstić information content (AvgIpc) is 3.38. The predicted molar refractivity (Wildman–Crippen MR) is 81.6 cm³/mol. The van der Waals surface area contributed by atoms with Gasteiger partial charge in [-0.05, 0) is 44.4 Å². The molecule has 0 aromatic carbocycles. The van der Waals surface area contributed by atoms with Gasteiger partial charge in [-0.25, -0.2) is 0 Å². The molecular weight excluding hydrogens is 264 g/mol. The van der Waals surface area contributed by atoms with E-state index in [-0.39, 0.29) is 23.7 Å². The van der Waals surface area contributed by atoms with E-state index in [9.17, 15) is 9.59 Å². The van der Waals surface area contributed by atoms with Gasteiger partial charge in [0.1, 0.15) is 0 Å². The standard InChI is InChI=1S/C17H28N2O2/c1-2-15(10-12-5-6-12)18-16(20)14-4-3-9-19(11-14)17(21)13-7-8-13/h12-15H,2-11H2,1H3,(H,18,20)/t14-,15-/m0/s1. The molecule has 1 aliphatic heterocycles. The summed E-state index contributed by atoms with van der Waals surface area (Å²) in [4.78, 5) is 26.6. The van der Waals surface area contributed by atoms with Crippen LogP contribution in [-0.4, -0.2) is 35.8 Å². The monoisotopic (exact) mass is 292 g/mol. The number of nitrogens with zero attached hydrogens (tertiary/aromatic N) is 1. The minimum atomic E-state index is 0.00898. The van der Waals surface area contributed by atoms with Crippen molar-refractivity contribution in [1.29, 1.82) is 0 Å². The Morgan fingerprint density at radius 2 is 1.90 bits per heavy atom. The maximum Gasteiger partial charge on any atom is 0.225 e. The Morgan fingerprint density at radius 1 is 1.14 bits per heavy atom. The van der Waals surface area contributed by atoms with E-state index in [0.29, 0.717) is 12.6 Å². The molecule has 0 unspecified atom stereocenters. The number of amides is 2. The van der Waals surface area contributed by atoms with Gasteiger partial charge in [0.15, 0.2) is 0 Å². The van der Waals surface area contributed by atoms with Crippen molar-refractivity contribution in [3.63, 3.8) is 0 Å². The van der Waals surface area contributed by atoms with Crippen molar-refractivity contribution in [2.45, 2.75) is 64.3 Å². The fourth-order valence-electron chi connectivity index (χ4n) is 3.38. The van der Waals surface area contributed by atoms with Crippen LogP contribution < -0.4 is 5.32 Å². The topological polar surface area (TPSA) is 49.4 Å². The minimum absolute atomic E-state index is 0.00898. The van der Waals surface area contributed by atoms with Crippen molar-refractivity contribution in [3.8, 4) is 0 Å². The number of nitrogens with one attached hydrogen (secondary N) is 1. The zero-order chi connectivity index (χ0) is 14.8. The highest BCUT2D eigenvalue weighted by Crippen LogP contribution is 2.34. The van der Waals surface area contributed by atoms with Crippen LogP contribution in [0, 0.1) is 17.8 Å². The second kappa shape index (κ2) is 6.37. The lowest BCUT2D eigenvalue weighted by atomic mass is 9.95. The number of hydrogen-bond acceptors (Lipinski definition) is 2. The zero-order valence-corrected chi connectivity index (χ0v) is 13.1. The highest BCUT2D eigenvalue weighted by molar-refractivity contribution is 5.83. The summed E-state index contributed by atoms with van der Waals surface area (Å²) in [6, 6.07) is 0.333. The third-order valence-corrected chi connectivity index (χ3v) is 5.18. The van der Waals surface area contributed by atoms with E-state index in [1.165, 1.54) is 12.8 Å². The van der Waals surface area contributed by atoms with Crippen LogP contribution in [-0.2, 0) is 9.59 Å². The van der Waals surface area contributed by atoms with Gasteiger partial charge in [0, 0.05) is 25.0 Å². The molecular formula is C17H28N2O2. The van der Waals surface area contributed by atoms with Gasteiger partial charge in [-0.2, -0.15) is 0 Å². The zero-order valence-electron chi connectivity index (χ0n) is 13.1. The van der Waals surface area contributed by atoms with Crippen molar-refractivity contribution >= 4 is 11.8 Å². The predicted octanol–water partition coefficient (Wildman–Crippen LogP) is 2.33. The summed E-state index contributed by atoms with van der Waals surface area (Å²) in [7, 11) is 0. The lowest BCUT2D eigenvalue weighted by Gasteiger charge is -2.33. The van der Waals surface area contributed by atoms with Crippen LogP contribution in [0.3, 0.4) is 0 Å². The molecule has 2 atom stereocenters. The lowest BCUT2D eigenvalue weighted by molar-refractivity contribution is -0.137. The largest absolute Gasteiger partial charge is 0.353 e. The molecule has 118 valence electrons. The van der Waals surface area contributed by atoms with Gasteiger partial charge >= 0.3 is 0 Å². The van der Waals surface area contributed by atoms with Gasteiger partial charge < -0.3 is 10.2 Å². The number of hydrogen-bond donors (Lipinski definition) is 1. The number of carbonyl (C=O) groups excluding carboxylic acids is 2. The van der Waals surface area contributed by atoms with Gasteiger partial charge in [-0.3, -0.25) is 9.59 Å². The first kappa shape index (κ1) is 14.9. The van der Waals surface area contributed by atoms with Crippen LogP contribution >= 0.6 is 0 Å². The fraction of sp³-hybridized carbons (Fsp3) is 0.882. The Morgan fingerprint density at radius 3 is 2.52 bits per heavy atom. The van der Waals surface area contributed by atoms with Gasteiger partial charge in [-0.15, -0.1) is 0 Å². The SMILES string of the molecule is CC[C@@H](CC1CC1)NC(=O)[C@H]1CCCN(C(=O)C2CC2)C1. The molecule has 4 heteroatoms. The number of carbonyl (C=O) groups is 2. The Labute approximate surface area is 127 Å². The molecule has 4 nitrogen and oxygen atoms in total. The van der Waals surface area contributed by atoms with Crippen LogP contribution in [0.15, 0.2) is 0 Å². The Hall–Kier alpha value is -1.06. The normalized spacial score (nSPS) is 27.3. The Balaban J connectivity index is 1.49. The second-order valence-corrected chi connectivity index (χ2v) is 7.19. The molecule has 2 amide bonds. The number of likely N-dealkylation sites (tertiary alicyclic amines) is 1. The molecule has 0 aromatic rings. The molecule has 1 N–H and O–H groups in total. The van der Waals surface area contributed by atoms with Crippen molar-refractivity contribution in [2.75, 3.05) is 13.1 Å². The molecule has 2 saturated carbocycles. The third-order valence-electron chi connectivity index (χ3n) is 5.18. The molecule has 0 bridgehead atoms. The van der Waals surface area contributed by atoms with Gasteiger partial charge in [0.2, 0.25) is 11.8 Å². The fourth-order valence-corrected chi connectivity index (χ4v) is 3.38. The van der Waals surface area contributed by atoms with Crippen molar-refractivity contribution in [2.24, 2.45) is 17.8 Å². The average molecular weight is 292 g/mol. The van der Waals surface area contributed by atoms with Crippen LogP contribution in [0.1, 0.15) is 58.3 Å². The Kier molecular flexibility index (Phi) is 4.51. The lowest BCUT2D eigenvalue weighted by Crippen LogP contribution is -2.48. The summed E-state index contributed by atoms with van der Waals surface area (Å²) >= 11 is 0. The summed E-state index contributed by atoms with van der Waals surface area (Å²) < 4.78 is 0. The third kappa shape index (κ3) is 3.98. The first-order chi connectivity index (χ1) is 10.2. The van der Waals surface area contributed by atoms with E-state index in [2.05, 4.69) is 12.2 Å². The van der Waals surface area contributed by atoms with Crippen molar-refractivity contribution in [1.82, 2.24) is 10.2 Å². The number of piperidine rings is 1. The summed E-state index contributed by atoms with van der Waals surface area (Å²) in [5, 5.41) is 3.24. The highest BCUT2D eigenvalue weighted by atomic mass is 16.2. The van der Waals surface area contributed by atoms with Crippen molar-refractivity contribution in [3.05, 3.63) is 0 Å². The molecule has 1 heterocycles. The Bertz CT molecular complexity index is 402. The molecule has 3 fully saturated rings. The van der Waals surface area contributed by atoms with Crippen molar-refractivity contribution < 1.29 is 9.59 Å². The summed E-state index contributed by atoms with van der Waals surface area (Å²) in [5.74, 6) is 1.59. The molecule has 21 heavy (non-hydrogen) atoms. The van der Waals surface area contributed by atoms with Crippen LogP contribution in [0.2, 0.25) is 0 Å². The van der Waals surface area contributed by atoms with Gasteiger partial charge in [0.05, 0.1) is 5.92 Å². The smallest absolute Gasteiger partial charge is 0.225 e. The molecule has 1 saturated heterocycles. The molecule has 0 spiro atoms. The number of rotatable bonds is 6. The van der Waals surface area contributed by atoms with E-state index in [4.69, 9.17) is 0 Å². The molecule has 0 aromatic heterocycles. The maximum atomic E-state index is 12.5. The van der Waals surface area contributed by atoms with Gasteiger partial charge in [-0.1, -0.05) is 19.8 Å². The van der Waals surface area contributed by atoms with E-state index in [1.807, 2.05) is 4.90 Å². The molecule has 3 aliphatic rings. The first-order valence-corrected chi connectivity index (χ1v) is 8.76. The summed E-state index contributed by atoms with van der Waals surface area (Å²) in [5.41, 5.74) is 0. The summed E-state index contributed by atoms with van der Waals surface area (Å²) in [6.45, 7) is 3.64. The maximum absolute atomic E-state index is 12.5. The minimum Gasteiger partial charge on any atom is -0.353 e. The highest BCUT2D eigenvalue weighted by Gasteiger charge is 2.37. The van der Waals surface area contributed by atoms with E-state index in [1.54, 1.807) is 0 Å². The van der Waals surface area contributed by atoms with E-state index >= 15 is 0 Å². The molecule has 2 aliphatic carbocycles. The van der Waals surface area contributed by atoms with E-state index < -0.39 is 0 Å². The van der Waals surface area contributed by atoms with Gasteiger partial charge in [0.25, 0.3) is 0 Å². The first-order valence-electron chi connectivity index (χ1n) is 8.76. The van der Waals surface area contributed by atoms with Crippen LogP contribution in [0.5, 0.6) is 0 Å². The molecule has 3 rings (SSSR count).